The number of hydrogen-bond acceptors (Lipinski definition) is 4. The van der Waals surface area contributed by atoms with Gasteiger partial charge >= 0.3 is 0 Å². The van der Waals surface area contributed by atoms with Crippen LogP contribution in [-0.4, -0.2) is 61.7 Å². The molecule has 0 radical (unpaired) electrons. The van der Waals surface area contributed by atoms with Crippen LogP contribution < -0.4 is 5.32 Å². The number of carbonyl (C=O) groups is 2. The van der Waals surface area contributed by atoms with Gasteiger partial charge in [-0.15, -0.1) is 0 Å². The van der Waals surface area contributed by atoms with E-state index in [1.807, 2.05) is 20.8 Å². The lowest BCUT2D eigenvalue weighted by atomic mass is 10.1. The van der Waals surface area contributed by atoms with Crippen LogP contribution in [0.15, 0.2) is 29.2 Å². The summed E-state index contributed by atoms with van der Waals surface area (Å²) < 4.78 is 27.5. The van der Waals surface area contributed by atoms with Crippen molar-refractivity contribution in [1.82, 2.24) is 14.5 Å². The number of benzene rings is 1. The fourth-order valence-electron chi connectivity index (χ4n) is 3.23. The van der Waals surface area contributed by atoms with Crippen molar-refractivity contribution in [2.75, 3.05) is 20.1 Å². The molecule has 0 saturated carbocycles. The number of amides is 2. The van der Waals surface area contributed by atoms with Crippen molar-refractivity contribution in [2.24, 2.45) is 0 Å². The van der Waals surface area contributed by atoms with Crippen LogP contribution in [0.2, 0.25) is 0 Å². The van der Waals surface area contributed by atoms with E-state index in [4.69, 9.17) is 0 Å². The number of carbonyl (C=O) groups excluding carboxylic acids is 2. The largest absolute Gasteiger partial charge is 0.352 e. The normalized spacial score (nSPS) is 18.3. The van der Waals surface area contributed by atoms with Gasteiger partial charge in [-0.1, -0.05) is 12.5 Å². The highest BCUT2D eigenvalue weighted by atomic mass is 32.2. The highest BCUT2D eigenvalue weighted by Crippen LogP contribution is 2.25. The first-order valence-electron chi connectivity index (χ1n) is 9.29. The maximum Gasteiger partial charge on any atom is 0.254 e. The van der Waals surface area contributed by atoms with E-state index in [0.29, 0.717) is 6.54 Å². The van der Waals surface area contributed by atoms with E-state index in [2.05, 4.69) is 5.32 Å². The first kappa shape index (κ1) is 21.4. The van der Waals surface area contributed by atoms with Gasteiger partial charge in [-0.25, -0.2) is 8.42 Å². The lowest BCUT2D eigenvalue weighted by Gasteiger charge is -2.32. The summed E-state index contributed by atoms with van der Waals surface area (Å²) in [5, 5.41) is 2.73. The van der Waals surface area contributed by atoms with Gasteiger partial charge in [0.1, 0.15) is 0 Å². The number of rotatable bonds is 6. The average molecular weight is 396 g/mol. The lowest BCUT2D eigenvalue weighted by Crippen LogP contribution is -2.42. The van der Waals surface area contributed by atoms with Crippen LogP contribution in [0.4, 0.5) is 0 Å². The van der Waals surface area contributed by atoms with Gasteiger partial charge in [0.15, 0.2) is 0 Å². The second-order valence-electron chi connectivity index (χ2n) is 7.37. The maximum atomic E-state index is 13.0. The fourth-order valence-corrected chi connectivity index (χ4v) is 4.97. The molecular weight excluding hydrogens is 366 g/mol. The minimum atomic E-state index is -3.65. The summed E-state index contributed by atoms with van der Waals surface area (Å²) >= 11 is 0. The van der Waals surface area contributed by atoms with E-state index in [0.717, 1.165) is 19.3 Å². The van der Waals surface area contributed by atoms with Gasteiger partial charge in [-0.3, -0.25) is 9.59 Å². The van der Waals surface area contributed by atoms with E-state index in [9.17, 15) is 18.0 Å². The third-order valence-electron chi connectivity index (χ3n) is 4.61. The van der Waals surface area contributed by atoms with E-state index < -0.39 is 15.9 Å². The van der Waals surface area contributed by atoms with Crippen LogP contribution in [0.1, 0.15) is 50.4 Å². The summed E-state index contributed by atoms with van der Waals surface area (Å²) in [6, 6.07) is 5.98. The molecule has 7 nitrogen and oxygen atoms in total. The second kappa shape index (κ2) is 8.84. The minimum absolute atomic E-state index is 0.0130. The molecule has 2 amide bonds. The zero-order chi connectivity index (χ0) is 20.2. The van der Waals surface area contributed by atoms with Crippen molar-refractivity contribution in [3.63, 3.8) is 0 Å². The number of likely N-dealkylation sites (N-methyl/N-ethyl adjacent to an activating group) is 1. The first-order chi connectivity index (χ1) is 12.6. The molecule has 0 spiro atoms. The molecule has 1 aliphatic rings. The van der Waals surface area contributed by atoms with E-state index >= 15 is 0 Å². The van der Waals surface area contributed by atoms with E-state index in [-0.39, 0.29) is 35.0 Å². The first-order valence-corrected chi connectivity index (χ1v) is 10.7. The molecule has 27 heavy (non-hydrogen) atoms. The Morgan fingerprint density at radius 3 is 2.63 bits per heavy atom. The molecule has 8 heteroatoms. The molecule has 0 unspecified atom stereocenters. The van der Waals surface area contributed by atoms with Crippen LogP contribution in [0.3, 0.4) is 0 Å². The molecule has 150 valence electrons. The highest BCUT2D eigenvalue weighted by molar-refractivity contribution is 7.89. The average Bonchev–Trinajstić information content (AvgIpc) is 2.60. The van der Waals surface area contributed by atoms with Gasteiger partial charge in [0.2, 0.25) is 15.9 Å². The maximum absolute atomic E-state index is 13.0. The van der Waals surface area contributed by atoms with Gasteiger partial charge in [-0.2, -0.15) is 4.31 Å². The number of nitrogens with one attached hydrogen (secondary N) is 1. The van der Waals surface area contributed by atoms with Crippen molar-refractivity contribution in [3.8, 4) is 0 Å². The third kappa shape index (κ3) is 5.29. The Morgan fingerprint density at radius 2 is 2.00 bits per heavy atom. The van der Waals surface area contributed by atoms with Crippen molar-refractivity contribution in [3.05, 3.63) is 29.8 Å². The molecule has 1 atom stereocenters. The topological polar surface area (TPSA) is 86.8 Å². The molecule has 0 aromatic heterocycles. The van der Waals surface area contributed by atoms with Crippen molar-refractivity contribution < 1.29 is 18.0 Å². The summed E-state index contributed by atoms with van der Waals surface area (Å²) in [5.41, 5.74) is 0.251. The number of hydrogen-bond donors (Lipinski definition) is 1. The minimum Gasteiger partial charge on any atom is -0.352 e. The Labute approximate surface area is 161 Å². The van der Waals surface area contributed by atoms with Crippen molar-refractivity contribution in [2.45, 2.75) is 57.0 Å². The SMILES string of the molecule is CC(C)NC(=O)CN(C)C(=O)c1cccc(S(=O)(=O)N2CCCC[C@H]2C)c1. The zero-order valence-corrected chi connectivity index (χ0v) is 17.3. The van der Waals surface area contributed by atoms with Crippen LogP contribution in [0.5, 0.6) is 0 Å². The van der Waals surface area contributed by atoms with Crippen molar-refractivity contribution in [1.29, 1.82) is 0 Å². The van der Waals surface area contributed by atoms with Gasteiger partial charge in [0, 0.05) is 31.2 Å². The molecular formula is C19H29N3O4S. The molecule has 1 aromatic rings. The number of nitrogens with zero attached hydrogens (tertiary/aromatic N) is 2. The second-order valence-corrected chi connectivity index (χ2v) is 9.26. The summed E-state index contributed by atoms with van der Waals surface area (Å²) in [6.45, 7) is 6.01. The molecule has 1 fully saturated rings. The smallest absolute Gasteiger partial charge is 0.254 e. The standard InChI is InChI=1S/C19H29N3O4S/c1-14(2)20-18(23)13-21(4)19(24)16-9-7-10-17(12-16)27(25,26)22-11-6-5-8-15(22)3/h7,9-10,12,14-15H,5-6,8,11,13H2,1-4H3,(H,20,23)/t15-/m1/s1. The van der Waals surface area contributed by atoms with E-state index in [1.165, 1.54) is 28.4 Å². The van der Waals surface area contributed by atoms with Gasteiger partial charge < -0.3 is 10.2 Å². The summed E-state index contributed by atoms with van der Waals surface area (Å²) in [4.78, 5) is 25.9. The lowest BCUT2D eigenvalue weighted by molar-refractivity contribution is -0.122. The van der Waals surface area contributed by atoms with Gasteiger partial charge in [0.05, 0.1) is 11.4 Å². The molecule has 1 heterocycles. The predicted octanol–water partition coefficient (Wildman–Crippen LogP) is 1.85. The number of piperidine rings is 1. The monoisotopic (exact) mass is 395 g/mol. The van der Waals surface area contributed by atoms with Crippen LogP contribution in [-0.2, 0) is 14.8 Å². The quantitative estimate of drug-likeness (QED) is 0.796. The Kier molecular flexibility index (Phi) is 7.00. The Bertz CT molecular complexity index is 792. The predicted molar refractivity (Wildman–Crippen MR) is 104 cm³/mol. The Hall–Kier alpha value is -1.93. The van der Waals surface area contributed by atoms with E-state index in [1.54, 1.807) is 12.1 Å². The molecule has 0 bridgehead atoms. The van der Waals surface area contributed by atoms with Crippen molar-refractivity contribution >= 4 is 21.8 Å². The molecule has 0 aliphatic carbocycles. The van der Waals surface area contributed by atoms with Crippen LogP contribution in [0.25, 0.3) is 0 Å². The molecule has 2 rings (SSSR count). The fraction of sp³-hybridized carbons (Fsp3) is 0.579. The highest BCUT2D eigenvalue weighted by Gasteiger charge is 2.31. The molecule has 1 aliphatic heterocycles. The number of sulfonamides is 1. The van der Waals surface area contributed by atoms with Crippen LogP contribution in [0, 0.1) is 0 Å². The Morgan fingerprint density at radius 1 is 1.30 bits per heavy atom. The molecule has 1 N–H and O–H groups in total. The molecule has 1 aromatic carbocycles. The summed E-state index contributed by atoms with van der Waals surface area (Å²) in [5.74, 6) is -0.649. The van der Waals surface area contributed by atoms with Gasteiger partial charge in [0.25, 0.3) is 5.91 Å². The summed E-state index contributed by atoms with van der Waals surface area (Å²) in [7, 11) is -2.12. The summed E-state index contributed by atoms with van der Waals surface area (Å²) in [6.07, 6.45) is 2.70. The zero-order valence-electron chi connectivity index (χ0n) is 16.4. The third-order valence-corrected chi connectivity index (χ3v) is 6.62. The molecule has 1 saturated heterocycles. The van der Waals surface area contributed by atoms with Crippen LogP contribution >= 0.6 is 0 Å². The van der Waals surface area contributed by atoms with Gasteiger partial charge in [-0.05, 0) is 51.8 Å². The Balaban J connectivity index is 2.18.